The maximum Gasteiger partial charge on any atom is 0.142 e. The number of halogens is 1. The Morgan fingerprint density at radius 3 is 2.76 bits per heavy atom. The molecule has 1 aromatic carbocycles. The average molecular weight is 238 g/mol. The SMILES string of the molecule is CN1CCC(COc2ccc(F)cc2N)CC1. The highest BCUT2D eigenvalue weighted by Gasteiger charge is 2.17. The van der Waals surface area contributed by atoms with Crippen LogP contribution < -0.4 is 10.5 Å². The maximum absolute atomic E-state index is 12.8. The summed E-state index contributed by atoms with van der Waals surface area (Å²) in [6, 6.07) is 4.27. The molecule has 0 saturated carbocycles. The van der Waals surface area contributed by atoms with Crippen LogP contribution in [0.1, 0.15) is 12.8 Å². The van der Waals surface area contributed by atoms with Gasteiger partial charge in [0, 0.05) is 6.07 Å². The fraction of sp³-hybridized carbons (Fsp3) is 0.538. The second kappa shape index (κ2) is 5.36. The number of piperidine rings is 1. The van der Waals surface area contributed by atoms with Crippen LogP contribution in [0, 0.1) is 11.7 Å². The Hall–Kier alpha value is -1.29. The number of ether oxygens (including phenoxy) is 1. The van der Waals surface area contributed by atoms with E-state index in [4.69, 9.17) is 10.5 Å². The molecule has 1 fully saturated rings. The highest BCUT2D eigenvalue weighted by molar-refractivity contribution is 5.52. The molecule has 0 radical (unpaired) electrons. The number of rotatable bonds is 3. The summed E-state index contributed by atoms with van der Waals surface area (Å²) < 4.78 is 18.5. The first-order valence-corrected chi connectivity index (χ1v) is 6.01. The first kappa shape index (κ1) is 12.2. The Kier molecular flexibility index (Phi) is 3.84. The van der Waals surface area contributed by atoms with Crippen LogP contribution >= 0.6 is 0 Å². The van der Waals surface area contributed by atoms with Gasteiger partial charge in [-0.1, -0.05) is 0 Å². The fourth-order valence-electron chi connectivity index (χ4n) is 2.09. The van der Waals surface area contributed by atoms with Crippen molar-refractivity contribution in [2.75, 3.05) is 32.5 Å². The highest BCUT2D eigenvalue weighted by atomic mass is 19.1. The van der Waals surface area contributed by atoms with Gasteiger partial charge in [0.05, 0.1) is 12.3 Å². The predicted molar refractivity (Wildman–Crippen MR) is 66.5 cm³/mol. The summed E-state index contributed by atoms with van der Waals surface area (Å²) in [6.45, 7) is 2.91. The number of hydrogen-bond donors (Lipinski definition) is 1. The van der Waals surface area contributed by atoms with E-state index in [-0.39, 0.29) is 5.82 Å². The van der Waals surface area contributed by atoms with E-state index in [1.807, 2.05) is 0 Å². The summed E-state index contributed by atoms with van der Waals surface area (Å²) in [5.74, 6) is 0.843. The van der Waals surface area contributed by atoms with E-state index >= 15 is 0 Å². The lowest BCUT2D eigenvalue weighted by Gasteiger charge is -2.28. The van der Waals surface area contributed by atoms with Crippen molar-refractivity contribution in [3.63, 3.8) is 0 Å². The monoisotopic (exact) mass is 238 g/mol. The number of likely N-dealkylation sites (tertiary alicyclic amines) is 1. The minimum atomic E-state index is -0.325. The van der Waals surface area contributed by atoms with Gasteiger partial charge in [0.25, 0.3) is 0 Å². The summed E-state index contributed by atoms with van der Waals surface area (Å²) in [5.41, 5.74) is 6.06. The molecule has 0 amide bonds. The predicted octanol–water partition coefficient (Wildman–Crippen LogP) is 2.13. The molecule has 1 heterocycles. The van der Waals surface area contributed by atoms with Crippen molar-refractivity contribution in [2.45, 2.75) is 12.8 Å². The fourth-order valence-corrected chi connectivity index (χ4v) is 2.09. The first-order valence-electron chi connectivity index (χ1n) is 6.01. The highest BCUT2D eigenvalue weighted by Crippen LogP contribution is 2.24. The van der Waals surface area contributed by atoms with Crippen molar-refractivity contribution >= 4 is 5.69 Å². The third-order valence-electron chi connectivity index (χ3n) is 3.28. The number of hydrogen-bond acceptors (Lipinski definition) is 3. The molecule has 0 spiro atoms. The summed E-state index contributed by atoms with van der Waals surface area (Å²) >= 11 is 0. The van der Waals surface area contributed by atoms with Crippen LogP contribution in [0.2, 0.25) is 0 Å². The van der Waals surface area contributed by atoms with Gasteiger partial charge < -0.3 is 15.4 Å². The van der Waals surface area contributed by atoms with E-state index < -0.39 is 0 Å². The molecule has 2 rings (SSSR count). The van der Waals surface area contributed by atoms with Crippen LogP contribution in [-0.2, 0) is 0 Å². The van der Waals surface area contributed by atoms with Gasteiger partial charge in [-0.25, -0.2) is 4.39 Å². The number of nitrogen functional groups attached to an aromatic ring is 1. The molecule has 4 heteroatoms. The second-order valence-electron chi connectivity index (χ2n) is 4.74. The molecule has 0 aromatic heterocycles. The Labute approximate surface area is 101 Å². The van der Waals surface area contributed by atoms with E-state index in [1.165, 1.54) is 12.1 Å². The van der Waals surface area contributed by atoms with Gasteiger partial charge in [0.15, 0.2) is 0 Å². The van der Waals surface area contributed by atoms with Crippen LogP contribution in [0.5, 0.6) is 5.75 Å². The number of nitrogens with two attached hydrogens (primary N) is 1. The number of benzene rings is 1. The molecule has 0 unspecified atom stereocenters. The maximum atomic E-state index is 12.8. The zero-order chi connectivity index (χ0) is 12.3. The molecule has 3 nitrogen and oxygen atoms in total. The van der Waals surface area contributed by atoms with E-state index in [2.05, 4.69) is 11.9 Å². The van der Waals surface area contributed by atoms with Crippen LogP contribution in [0.3, 0.4) is 0 Å². The van der Waals surface area contributed by atoms with Gasteiger partial charge in [-0.3, -0.25) is 0 Å². The van der Waals surface area contributed by atoms with Gasteiger partial charge in [0.1, 0.15) is 11.6 Å². The zero-order valence-electron chi connectivity index (χ0n) is 10.2. The zero-order valence-corrected chi connectivity index (χ0v) is 10.2. The lowest BCUT2D eigenvalue weighted by Crippen LogP contribution is -2.32. The Morgan fingerprint density at radius 2 is 2.12 bits per heavy atom. The van der Waals surface area contributed by atoms with Gasteiger partial charge in [-0.05, 0) is 51.0 Å². The van der Waals surface area contributed by atoms with Crippen molar-refractivity contribution in [1.29, 1.82) is 0 Å². The second-order valence-corrected chi connectivity index (χ2v) is 4.74. The molecule has 2 N–H and O–H groups in total. The van der Waals surface area contributed by atoms with E-state index in [0.29, 0.717) is 24.0 Å². The molecule has 0 atom stereocenters. The third-order valence-corrected chi connectivity index (χ3v) is 3.28. The first-order chi connectivity index (χ1) is 8.15. The normalized spacial score (nSPS) is 18.2. The van der Waals surface area contributed by atoms with Crippen molar-refractivity contribution < 1.29 is 9.13 Å². The van der Waals surface area contributed by atoms with Crippen molar-refractivity contribution in [2.24, 2.45) is 5.92 Å². The lowest BCUT2D eigenvalue weighted by molar-refractivity contribution is 0.160. The standard InChI is InChI=1S/C13H19FN2O/c1-16-6-4-10(5-7-16)9-17-13-3-2-11(14)8-12(13)15/h2-3,8,10H,4-7,9,15H2,1H3. The number of nitrogens with zero attached hydrogens (tertiary/aromatic N) is 1. The Balaban J connectivity index is 1.85. The summed E-state index contributed by atoms with van der Waals surface area (Å²) in [5, 5.41) is 0. The molecular weight excluding hydrogens is 219 g/mol. The van der Waals surface area contributed by atoms with E-state index in [0.717, 1.165) is 25.9 Å². The molecule has 94 valence electrons. The quantitative estimate of drug-likeness (QED) is 0.820. The Bertz CT molecular complexity index is 376. The van der Waals surface area contributed by atoms with Crippen LogP contribution in [0.25, 0.3) is 0 Å². The van der Waals surface area contributed by atoms with Gasteiger partial charge in [0.2, 0.25) is 0 Å². The smallest absolute Gasteiger partial charge is 0.142 e. The number of anilines is 1. The topological polar surface area (TPSA) is 38.5 Å². The molecule has 17 heavy (non-hydrogen) atoms. The molecule has 1 saturated heterocycles. The third kappa shape index (κ3) is 3.33. The van der Waals surface area contributed by atoms with Crippen LogP contribution in [0.15, 0.2) is 18.2 Å². The molecule has 1 aliphatic heterocycles. The summed E-state index contributed by atoms with van der Waals surface area (Å²) in [7, 11) is 2.13. The molecule has 1 aromatic rings. The largest absolute Gasteiger partial charge is 0.491 e. The van der Waals surface area contributed by atoms with Gasteiger partial charge in [-0.15, -0.1) is 0 Å². The molecule has 1 aliphatic rings. The van der Waals surface area contributed by atoms with E-state index in [9.17, 15) is 4.39 Å². The molecular formula is C13H19FN2O. The van der Waals surface area contributed by atoms with Crippen molar-refractivity contribution in [3.05, 3.63) is 24.0 Å². The summed E-state index contributed by atoms with van der Waals surface area (Å²) in [6.07, 6.45) is 2.30. The average Bonchev–Trinajstić information content (AvgIpc) is 2.30. The van der Waals surface area contributed by atoms with Gasteiger partial charge >= 0.3 is 0 Å². The minimum Gasteiger partial charge on any atom is -0.491 e. The lowest BCUT2D eigenvalue weighted by atomic mass is 9.98. The van der Waals surface area contributed by atoms with Crippen LogP contribution in [0.4, 0.5) is 10.1 Å². The molecule has 0 bridgehead atoms. The minimum absolute atomic E-state index is 0.325. The van der Waals surface area contributed by atoms with Crippen molar-refractivity contribution in [3.8, 4) is 5.75 Å². The van der Waals surface area contributed by atoms with E-state index in [1.54, 1.807) is 6.07 Å². The van der Waals surface area contributed by atoms with Crippen LogP contribution in [-0.4, -0.2) is 31.6 Å². The van der Waals surface area contributed by atoms with Crippen molar-refractivity contribution in [1.82, 2.24) is 4.90 Å². The Morgan fingerprint density at radius 1 is 1.41 bits per heavy atom. The van der Waals surface area contributed by atoms with Gasteiger partial charge in [-0.2, -0.15) is 0 Å². The molecule has 0 aliphatic carbocycles. The summed E-state index contributed by atoms with van der Waals surface area (Å²) in [4.78, 5) is 2.32.